The molecular formula is C17H19ClN2O3S. The molecule has 5 nitrogen and oxygen atoms in total. The monoisotopic (exact) mass is 366 g/mol. The van der Waals surface area contributed by atoms with Crippen LogP contribution in [-0.2, 0) is 17.9 Å². The van der Waals surface area contributed by atoms with Gasteiger partial charge in [0.1, 0.15) is 23.4 Å². The van der Waals surface area contributed by atoms with Crippen molar-refractivity contribution in [1.29, 1.82) is 0 Å². The van der Waals surface area contributed by atoms with Crippen LogP contribution >= 0.6 is 22.9 Å². The third kappa shape index (κ3) is 4.47. The Labute approximate surface area is 149 Å². The summed E-state index contributed by atoms with van der Waals surface area (Å²) in [6.45, 7) is 1.79. The van der Waals surface area contributed by atoms with E-state index in [1.807, 2.05) is 22.4 Å². The minimum atomic E-state index is -0.740. The molecule has 1 aromatic carbocycles. The Balaban J connectivity index is 1.56. The molecule has 1 N–H and O–H groups in total. The number of rotatable bonds is 6. The minimum absolute atomic E-state index is 0.394. The SMILES string of the molecule is O=C(O)C1CCCCN1Cc1csc(COc2ccc(Cl)cc2)n1. The first-order chi connectivity index (χ1) is 11.6. The lowest BCUT2D eigenvalue weighted by atomic mass is 10.0. The van der Waals surface area contributed by atoms with Crippen LogP contribution in [0.3, 0.4) is 0 Å². The van der Waals surface area contributed by atoms with Crippen molar-refractivity contribution < 1.29 is 14.6 Å². The standard InChI is InChI=1S/C17H19ClN2O3S/c18-12-4-6-14(7-5-12)23-10-16-19-13(11-24-16)9-20-8-2-1-3-15(20)17(21)22/h4-7,11,15H,1-3,8-10H2,(H,21,22). The molecule has 0 amide bonds. The van der Waals surface area contributed by atoms with Gasteiger partial charge in [-0.3, -0.25) is 9.69 Å². The Bertz CT molecular complexity index is 689. The van der Waals surface area contributed by atoms with Gasteiger partial charge >= 0.3 is 5.97 Å². The van der Waals surface area contributed by atoms with Gasteiger partial charge in [-0.15, -0.1) is 11.3 Å². The molecule has 1 unspecified atom stereocenters. The maximum atomic E-state index is 11.4. The Hall–Kier alpha value is -1.63. The lowest BCUT2D eigenvalue weighted by Gasteiger charge is -2.32. The van der Waals surface area contributed by atoms with E-state index in [1.165, 1.54) is 11.3 Å². The number of carboxylic acids is 1. The number of thiazole rings is 1. The summed E-state index contributed by atoms with van der Waals surface area (Å²) in [5, 5.41) is 12.9. The van der Waals surface area contributed by atoms with E-state index in [1.54, 1.807) is 12.1 Å². The number of hydrogen-bond donors (Lipinski definition) is 1. The highest BCUT2D eigenvalue weighted by atomic mass is 35.5. The molecule has 1 aliphatic rings. The van der Waals surface area contributed by atoms with Crippen LogP contribution in [0.25, 0.3) is 0 Å². The van der Waals surface area contributed by atoms with Crippen LogP contribution in [0.4, 0.5) is 0 Å². The highest BCUT2D eigenvalue weighted by Gasteiger charge is 2.28. The predicted octanol–water partition coefficient (Wildman–Crippen LogP) is 3.81. The molecular weight excluding hydrogens is 348 g/mol. The van der Waals surface area contributed by atoms with Gasteiger partial charge in [-0.2, -0.15) is 0 Å². The first-order valence-corrected chi connectivity index (χ1v) is 9.16. The van der Waals surface area contributed by atoms with E-state index < -0.39 is 12.0 Å². The highest BCUT2D eigenvalue weighted by molar-refractivity contribution is 7.09. The molecule has 0 radical (unpaired) electrons. The van der Waals surface area contributed by atoms with Gasteiger partial charge in [0, 0.05) is 16.9 Å². The van der Waals surface area contributed by atoms with Crippen molar-refractivity contribution in [3.05, 3.63) is 45.4 Å². The van der Waals surface area contributed by atoms with Crippen LogP contribution < -0.4 is 4.74 Å². The van der Waals surface area contributed by atoms with Crippen LogP contribution in [0, 0.1) is 0 Å². The molecule has 1 aromatic heterocycles. The van der Waals surface area contributed by atoms with Crippen LogP contribution in [0.2, 0.25) is 5.02 Å². The van der Waals surface area contributed by atoms with Crippen molar-refractivity contribution in [2.24, 2.45) is 0 Å². The Morgan fingerprint density at radius 2 is 2.17 bits per heavy atom. The number of aliphatic carboxylic acids is 1. The molecule has 3 rings (SSSR count). The largest absolute Gasteiger partial charge is 0.486 e. The summed E-state index contributed by atoms with van der Waals surface area (Å²) in [6, 6.07) is 6.82. The second kappa shape index (κ2) is 7.96. The van der Waals surface area contributed by atoms with Crippen molar-refractivity contribution in [1.82, 2.24) is 9.88 Å². The van der Waals surface area contributed by atoms with Gasteiger partial charge in [-0.25, -0.2) is 4.98 Å². The van der Waals surface area contributed by atoms with Gasteiger partial charge in [0.2, 0.25) is 0 Å². The maximum absolute atomic E-state index is 11.4. The number of ether oxygens (including phenoxy) is 1. The van der Waals surface area contributed by atoms with Gasteiger partial charge in [-0.1, -0.05) is 18.0 Å². The number of halogens is 1. The quantitative estimate of drug-likeness (QED) is 0.842. The lowest BCUT2D eigenvalue weighted by molar-refractivity contribution is -0.144. The van der Waals surface area contributed by atoms with E-state index in [-0.39, 0.29) is 0 Å². The molecule has 2 heterocycles. The molecule has 7 heteroatoms. The normalized spacial score (nSPS) is 18.5. The predicted molar refractivity (Wildman–Crippen MR) is 93.6 cm³/mol. The topological polar surface area (TPSA) is 62.7 Å². The van der Waals surface area contributed by atoms with Gasteiger partial charge in [0.05, 0.1) is 5.69 Å². The molecule has 1 aliphatic heterocycles. The fraction of sp³-hybridized carbons (Fsp3) is 0.412. The van der Waals surface area contributed by atoms with E-state index in [2.05, 4.69) is 4.98 Å². The second-order valence-electron chi connectivity index (χ2n) is 5.80. The average Bonchev–Trinajstić information content (AvgIpc) is 3.02. The van der Waals surface area contributed by atoms with E-state index in [4.69, 9.17) is 16.3 Å². The van der Waals surface area contributed by atoms with E-state index in [9.17, 15) is 9.90 Å². The summed E-state index contributed by atoms with van der Waals surface area (Å²) in [4.78, 5) is 17.9. The number of carbonyl (C=O) groups is 1. The Morgan fingerprint density at radius 3 is 2.92 bits per heavy atom. The number of benzene rings is 1. The minimum Gasteiger partial charge on any atom is -0.486 e. The van der Waals surface area contributed by atoms with Crippen molar-refractivity contribution in [2.45, 2.75) is 38.5 Å². The van der Waals surface area contributed by atoms with E-state index >= 15 is 0 Å². The highest BCUT2D eigenvalue weighted by Crippen LogP contribution is 2.22. The van der Waals surface area contributed by atoms with Crippen molar-refractivity contribution in [3.8, 4) is 5.75 Å². The van der Waals surface area contributed by atoms with Crippen molar-refractivity contribution in [2.75, 3.05) is 6.54 Å². The van der Waals surface area contributed by atoms with Gasteiger partial charge in [-0.05, 0) is 43.7 Å². The summed E-state index contributed by atoms with van der Waals surface area (Å²) in [6.07, 6.45) is 2.73. The molecule has 0 bridgehead atoms. The van der Waals surface area contributed by atoms with Crippen LogP contribution in [0.5, 0.6) is 5.75 Å². The molecule has 0 aliphatic carbocycles. The molecule has 0 spiro atoms. The van der Waals surface area contributed by atoms with E-state index in [0.29, 0.717) is 24.6 Å². The fourth-order valence-corrected chi connectivity index (χ4v) is 3.65. The number of hydrogen-bond acceptors (Lipinski definition) is 5. The zero-order valence-electron chi connectivity index (χ0n) is 13.2. The number of piperidine rings is 1. The van der Waals surface area contributed by atoms with Crippen molar-refractivity contribution in [3.63, 3.8) is 0 Å². The zero-order valence-corrected chi connectivity index (χ0v) is 14.7. The molecule has 2 aromatic rings. The number of likely N-dealkylation sites (tertiary alicyclic amines) is 1. The number of carboxylic acid groups (broad SMARTS) is 1. The second-order valence-corrected chi connectivity index (χ2v) is 7.17. The number of nitrogens with zero attached hydrogens (tertiary/aromatic N) is 2. The summed E-state index contributed by atoms with van der Waals surface area (Å²) < 4.78 is 5.69. The summed E-state index contributed by atoms with van der Waals surface area (Å²) >= 11 is 7.38. The first kappa shape index (κ1) is 17.2. The average molecular weight is 367 g/mol. The third-order valence-electron chi connectivity index (χ3n) is 4.04. The Morgan fingerprint density at radius 1 is 1.38 bits per heavy atom. The van der Waals surface area contributed by atoms with E-state index in [0.717, 1.165) is 35.8 Å². The summed E-state index contributed by atoms with van der Waals surface area (Å²) in [7, 11) is 0. The van der Waals surface area contributed by atoms with Crippen molar-refractivity contribution >= 4 is 28.9 Å². The fourth-order valence-electron chi connectivity index (χ4n) is 2.83. The smallest absolute Gasteiger partial charge is 0.320 e. The summed E-state index contributed by atoms with van der Waals surface area (Å²) in [5.41, 5.74) is 0.905. The van der Waals surface area contributed by atoms with Gasteiger partial charge < -0.3 is 9.84 Å². The van der Waals surface area contributed by atoms with Crippen LogP contribution in [0.15, 0.2) is 29.6 Å². The molecule has 128 valence electrons. The third-order valence-corrected chi connectivity index (χ3v) is 5.16. The Kier molecular flexibility index (Phi) is 5.71. The zero-order chi connectivity index (χ0) is 16.9. The first-order valence-electron chi connectivity index (χ1n) is 7.90. The molecule has 1 atom stereocenters. The van der Waals surface area contributed by atoms with Crippen LogP contribution in [0.1, 0.15) is 30.0 Å². The molecule has 0 saturated carbocycles. The molecule has 24 heavy (non-hydrogen) atoms. The van der Waals surface area contributed by atoms with Gasteiger partial charge in [0.25, 0.3) is 0 Å². The van der Waals surface area contributed by atoms with Gasteiger partial charge in [0.15, 0.2) is 0 Å². The van der Waals surface area contributed by atoms with Crippen LogP contribution in [-0.4, -0.2) is 33.5 Å². The maximum Gasteiger partial charge on any atom is 0.320 e. The lowest BCUT2D eigenvalue weighted by Crippen LogP contribution is -2.44. The molecule has 1 saturated heterocycles. The molecule has 1 fully saturated rings. The number of aromatic nitrogens is 1. The summed E-state index contributed by atoms with van der Waals surface area (Å²) in [5.74, 6) is 0.00865.